The molecule has 2 heterocycles. The van der Waals surface area contributed by atoms with Gasteiger partial charge in [0.15, 0.2) is 0 Å². The van der Waals surface area contributed by atoms with Crippen LogP contribution in [0.5, 0.6) is 0 Å². The maximum absolute atomic E-state index is 12.7. The zero-order chi connectivity index (χ0) is 20.1. The van der Waals surface area contributed by atoms with Crippen molar-refractivity contribution in [1.82, 2.24) is 15.5 Å². The first-order valence-electron chi connectivity index (χ1n) is 9.97. The van der Waals surface area contributed by atoms with Crippen LogP contribution in [0.2, 0.25) is 0 Å². The second kappa shape index (κ2) is 8.65. The third-order valence-corrected chi connectivity index (χ3v) is 5.41. The molecule has 0 bridgehead atoms. The fourth-order valence-corrected chi connectivity index (χ4v) is 3.71. The fourth-order valence-electron chi connectivity index (χ4n) is 3.71. The maximum atomic E-state index is 12.7. The van der Waals surface area contributed by atoms with Crippen LogP contribution in [-0.4, -0.2) is 30.6 Å². The van der Waals surface area contributed by atoms with Gasteiger partial charge < -0.3 is 15.1 Å². The molecule has 150 valence electrons. The molecule has 1 fully saturated rings. The number of carbonyl (C=O) groups is 1. The number of hydrogen-bond donors (Lipinski definition) is 2. The van der Waals surface area contributed by atoms with Crippen LogP contribution in [-0.2, 0) is 5.54 Å². The van der Waals surface area contributed by atoms with Crippen LogP contribution in [0.3, 0.4) is 0 Å². The monoisotopic (exact) mass is 381 g/mol. The molecule has 1 aliphatic rings. The second-order valence-corrected chi connectivity index (χ2v) is 8.10. The highest BCUT2D eigenvalue weighted by molar-refractivity contribution is 5.75. The molecule has 0 aliphatic carbocycles. The normalized spacial score (nSPS) is 16.0. The SMILES string of the molecule is C=C(C)c1cccc(C(C)(C)NC(=O)NCC(c2ccco2)N2CCCC2)c1. The second-order valence-electron chi connectivity index (χ2n) is 8.10. The molecule has 1 aromatic heterocycles. The van der Waals surface area contributed by atoms with Gasteiger partial charge in [0.25, 0.3) is 0 Å². The molecule has 2 N–H and O–H groups in total. The third-order valence-electron chi connectivity index (χ3n) is 5.41. The van der Waals surface area contributed by atoms with Gasteiger partial charge in [-0.1, -0.05) is 30.4 Å². The Morgan fingerprint density at radius 1 is 1.25 bits per heavy atom. The highest BCUT2D eigenvalue weighted by Gasteiger charge is 2.27. The number of rotatable bonds is 7. The summed E-state index contributed by atoms with van der Waals surface area (Å²) in [4.78, 5) is 15.0. The molecule has 1 aliphatic heterocycles. The van der Waals surface area contributed by atoms with Gasteiger partial charge in [-0.15, -0.1) is 0 Å². The maximum Gasteiger partial charge on any atom is 0.315 e. The van der Waals surface area contributed by atoms with E-state index in [9.17, 15) is 4.79 Å². The van der Waals surface area contributed by atoms with Gasteiger partial charge in [-0.05, 0) is 76.0 Å². The first-order chi connectivity index (χ1) is 13.4. The van der Waals surface area contributed by atoms with Crippen LogP contribution in [0.4, 0.5) is 4.79 Å². The molecule has 2 aromatic rings. The van der Waals surface area contributed by atoms with Crippen LogP contribution in [0.1, 0.15) is 56.5 Å². The van der Waals surface area contributed by atoms with Crippen molar-refractivity contribution < 1.29 is 9.21 Å². The average Bonchev–Trinajstić information content (AvgIpc) is 3.36. The van der Waals surface area contributed by atoms with Gasteiger partial charge in [0.1, 0.15) is 5.76 Å². The molecule has 3 rings (SSSR count). The summed E-state index contributed by atoms with van der Waals surface area (Å²) in [5.74, 6) is 0.899. The van der Waals surface area contributed by atoms with Crippen LogP contribution in [0.25, 0.3) is 5.57 Å². The lowest BCUT2D eigenvalue weighted by molar-refractivity contribution is 0.199. The van der Waals surface area contributed by atoms with Gasteiger partial charge in [-0.2, -0.15) is 0 Å². The molecule has 1 unspecified atom stereocenters. The Morgan fingerprint density at radius 3 is 2.64 bits per heavy atom. The van der Waals surface area contributed by atoms with E-state index in [0.29, 0.717) is 6.54 Å². The predicted molar refractivity (Wildman–Crippen MR) is 113 cm³/mol. The molecule has 5 nitrogen and oxygen atoms in total. The van der Waals surface area contributed by atoms with E-state index in [1.807, 2.05) is 51.1 Å². The Morgan fingerprint density at radius 2 is 2.00 bits per heavy atom. The Hall–Kier alpha value is -2.53. The highest BCUT2D eigenvalue weighted by atomic mass is 16.3. The van der Waals surface area contributed by atoms with E-state index >= 15 is 0 Å². The molecule has 2 amide bonds. The van der Waals surface area contributed by atoms with E-state index in [2.05, 4.69) is 28.2 Å². The smallest absolute Gasteiger partial charge is 0.315 e. The number of furan rings is 1. The Labute approximate surface area is 167 Å². The molecular formula is C23H31N3O2. The summed E-state index contributed by atoms with van der Waals surface area (Å²) in [5, 5.41) is 6.14. The van der Waals surface area contributed by atoms with Gasteiger partial charge in [-0.3, -0.25) is 4.90 Å². The van der Waals surface area contributed by atoms with E-state index in [1.54, 1.807) is 6.26 Å². The summed E-state index contributed by atoms with van der Waals surface area (Å²) in [5.41, 5.74) is 2.64. The Bertz CT molecular complexity index is 805. The van der Waals surface area contributed by atoms with Crippen LogP contribution >= 0.6 is 0 Å². The van der Waals surface area contributed by atoms with E-state index in [1.165, 1.54) is 12.8 Å². The molecule has 1 atom stereocenters. The zero-order valence-electron chi connectivity index (χ0n) is 17.1. The van der Waals surface area contributed by atoms with Crippen molar-refractivity contribution in [3.8, 4) is 0 Å². The van der Waals surface area contributed by atoms with Gasteiger partial charge in [-0.25, -0.2) is 4.79 Å². The Kier molecular flexibility index (Phi) is 6.25. The molecule has 0 radical (unpaired) electrons. The number of allylic oxidation sites excluding steroid dienone is 1. The number of nitrogens with one attached hydrogen (secondary N) is 2. The zero-order valence-corrected chi connectivity index (χ0v) is 17.1. The minimum absolute atomic E-state index is 0.0677. The third kappa shape index (κ3) is 4.84. The van der Waals surface area contributed by atoms with E-state index in [-0.39, 0.29) is 12.1 Å². The molecule has 28 heavy (non-hydrogen) atoms. The molecule has 0 spiro atoms. The lowest BCUT2D eigenvalue weighted by Gasteiger charge is -2.29. The number of benzene rings is 1. The molecule has 1 aromatic carbocycles. The predicted octanol–water partition coefficient (Wildman–Crippen LogP) is 4.68. The number of likely N-dealkylation sites (tertiary alicyclic amines) is 1. The van der Waals surface area contributed by atoms with E-state index < -0.39 is 5.54 Å². The molecule has 5 heteroatoms. The van der Waals surface area contributed by atoms with Gasteiger partial charge in [0.2, 0.25) is 0 Å². The summed E-state index contributed by atoms with van der Waals surface area (Å²) < 4.78 is 5.62. The minimum atomic E-state index is -0.497. The first kappa shape index (κ1) is 20.2. The summed E-state index contributed by atoms with van der Waals surface area (Å²) in [7, 11) is 0. The average molecular weight is 382 g/mol. The molecule has 0 saturated carbocycles. The van der Waals surface area contributed by atoms with E-state index in [4.69, 9.17) is 4.42 Å². The molecular weight excluding hydrogens is 350 g/mol. The van der Waals surface area contributed by atoms with Crippen molar-refractivity contribution >= 4 is 11.6 Å². The highest BCUT2D eigenvalue weighted by Crippen LogP contribution is 2.26. The topological polar surface area (TPSA) is 57.5 Å². The van der Waals surface area contributed by atoms with Crippen molar-refractivity contribution in [3.63, 3.8) is 0 Å². The van der Waals surface area contributed by atoms with E-state index in [0.717, 1.165) is 35.5 Å². The van der Waals surface area contributed by atoms with Crippen molar-refractivity contribution in [3.05, 3.63) is 66.1 Å². The number of hydrogen-bond acceptors (Lipinski definition) is 3. The number of amides is 2. The number of nitrogens with zero attached hydrogens (tertiary/aromatic N) is 1. The standard InChI is InChI=1S/C23H31N3O2/c1-17(2)18-9-7-10-19(15-18)23(3,4)25-22(27)24-16-20(21-11-8-14-28-21)26-12-5-6-13-26/h7-11,14-15,20H,1,5-6,12-13,16H2,2-4H3,(H2,24,25,27). The Balaban J connectivity index is 1.63. The van der Waals surface area contributed by atoms with Crippen LogP contribution in [0.15, 0.2) is 53.7 Å². The quantitative estimate of drug-likeness (QED) is 0.732. The number of urea groups is 1. The number of carbonyl (C=O) groups excluding carboxylic acids is 1. The summed E-state index contributed by atoms with van der Waals surface area (Å²) in [6.45, 7) is 12.6. The van der Waals surface area contributed by atoms with Crippen molar-refractivity contribution in [1.29, 1.82) is 0 Å². The summed E-state index contributed by atoms with van der Waals surface area (Å²) in [6.07, 6.45) is 4.07. The minimum Gasteiger partial charge on any atom is -0.468 e. The fraction of sp³-hybridized carbons (Fsp3) is 0.435. The van der Waals surface area contributed by atoms with Crippen molar-refractivity contribution in [2.75, 3.05) is 19.6 Å². The first-order valence-corrected chi connectivity index (χ1v) is 9.97. The molecule has 1 saturated heterocycles. The van der Waals surface area contributed by atoms with Crippen LogP contribution < -0.4 is 10.6 Å². The summed E-state index contributed by atoms with van der Waals surface area (Å²) >= 11 is 0. The lowest BCUT2D eigenvalue weighted by Crippen LogP contribution is -2.48. The van der Waals surface area contributed by atoms with Crippen LogP contribution in [0, 0.1) is 0 Å². The largest absolute Gasteiger partial charge is 0.468 e. The lowest BCUT2D eigenvalue weighted by atomic mass is 9.92. The van der Waals surface area contributed by atoms with Gasteiger partial charge in [0.05, 0.1) is 17.8 Å². The van der Waals surface area contributed by atoms with Crippen molar-refractivity contribution in [2.45, 2.75) is 45.2 Å². The summed E-state index contributed by atoms with van der Waals surface area (Å²) in [6, 6.07) is 11.9. The van der Waals surface area contributed by atoms with Gasteiger partial charge >= 0.3 is 6.03 Å². The van der Waals surface area contributed by atoms with Gasteiger partial charge in [0, 0.05) is 6.54 Å². The van der Waals surface area contributed by atoms with Crippen molar-refractivity contribution in [2.24, 2.45) is 0 Å².